The molecule has 0 aliphatic carbocycles. The molecule has 1 unspecified atom stereocenters. The molecule has 0 spiro atoms. The van der Waals surface area contributed by atoms with E-state index in [1.54, 1.807) is 11.3 Å². The van der Waals surface area contributed by atoms with Crippen LogP contribution >= 0.6 is 27.3 Å². The number of likely N-dealkylation sites (tertiary alicyclic amines) is 1. The first-order valence-electron chi connectivity index (χ1n) is 4.51. The van der Waals surface area contributed by atoms with Crippen molar-refractivity contribution < 1.29 is 0 Å². The molecule has 1 aromatic heterocycles. The van der Waals surface area contributed by atoms with Crippen LogP contribution in [0.2, 0.25) is 0 Å². The Bertz CT molecular complexity index is 311. The summed E-state index contributed by atoms with van der Waals surface area (Å²) in [5, 5.41) is 0. The Morgan fingerprint density at radius 1 is 1.62 bits per heavy atom. The van der Waals surface area contributed by atoms with E-state index >= 15 is 0 Å². The van der Waals surface area contributed by atoms with Crippen LogP contribution in [0.5, 0.6) is 0 Å². The molecule has 4 heteroatoms. The molecule has 0 N–H and O–H groups in total. The van der Waals surface area contributed by atoms with Crippen LogP contribution in [0.15, 0.2) is 3.92 Å². The third-order valence-electron chi connectivity index (χ3n) is 2.64. The highest BCUT2D eigenvalue weighted by Gasteiger charge is 2.26. The molecule has 0 amide bonds. The monoisotopic (exact) mass is 260 g/mol. The van der Waals surface area contributed by atoms with E-state index in [0.717, 1.165) is 3.92 Å². The summed E-state index contributed by atoms with van der Waals surface area (Å²) in [7, 11) is 2.18. The maximum Gasteiger partial charge on any atom is 0.159 e. The fraction of sp³-hybridized carbons (Fsp3) is 0.667. The predicted molar refractivity (Wildman–Crippen MR) is 59.2 cm³/mol. The Hall–Kier alpha value is 0.0700. The molecule has 0 aromatic carbocycles. The van der Waals surface area contributed by atoms with Gasteiger partial charge < -0.3 is 0 Å². The molecule has 1 aliphatic rings. The van der Waals surface area contributed by atoms with Crippen LogP contribution in [0.25, 0.3) is 0 Å². The van der Waals surface area contributed by atoms with Crippen molar-refractivity contribution in [2.75, 3.05) is 13.6 Å². The fourth-order valence-electron chi connectivity index (χ4n) is 1.94. The van der Waals surface area contributed by atoms with Gasteiger partial charge in [-0.1, -0.05) is 0 Å². The van der Waals surface area contributed by atoms with Crippen LogP contribution in [0.4, 0.5) is 0 Å². The maximum atomic E-state index is 4.54. The molecule has 2 rings (SSSR count). The maximum absolute atomic E-state index is 4.54. The summed E-state index contributed by atoms with van der Waals surface area (Å²) in [6, 6.07) is 0.558. The molecule has 2 nitrogen and oxygen atoms in total. The highest BCUT2D eigenvalue weighted by atomic mass is 79.9. The topological polar surface area (TPSA) is 16.1 Å². The van der Waals surface area contributed by atoms with Crippen molar-refractivity contribution in [3.8, 4) is 0 Å². The minimum absolute atomic E-state index is 0.558. The SMILES string of the molecule is Cc1sc(Br)nc1C1CCCN1C. The Kier molecular flexibility index (Phi) is 2.72. The summed E-state index contributed by atoms with van der Waals surface area (Å²) in [6.07, 6.45) is 2.56. The predicted octanol–water partition coefficient (Wildman–Crippen LogP) is 2.98. The number of aromatic nitrogens is 1. The highest BCUT2D eigenvalue weighted by molar-refractivity contribution is 9.11. The van der Waals surface area contributed by atoms with Gasteiger partial charge in [0.2, 0.25) is 0 Å². The van der Waals surface area contributed by atoms with Gasteiger partial charge in [-0.05, 0) is 49.3 Å². The van der Waals surface area contributed by atoms with Gasteiger partial charge in [0.15, 0.2) is 3.92 Å². The van der Waals surface area contributed by atoms with Crippen molar-refractivity contribution in [1.82, 2.24) is 9.88 Å². The zero-order valence-corrected chi connectivity index (χ0v) is 10.3. The third kappa shape index (κ3) is 1.80. The van der Waals surface area contributed by atoms with Gasteiger partial charge in [-0.25, -0.2) is 4.98 Å². The van der Waals surface area contributed by atoms with E-state index in [-0.39, 0.29) is 0 Å². The quantitative estimate of drug-likeness (QED) is 0.772. The van der Waals surface area contributed by atoms with E-state index in [4.69, 9.17) is 0 Å². The lowest BCUT2D eigenvalue weighted by molar-refractivity contribution is 0.312. The molecule has 1 aliphatic heterocycles. The molecule has 1 fully saturated rings. The fourth-order valence-corrected chi connectivity index (χ4v) is 3.54. The van der Waals surface area contributed by atoms with Crippen molar-refractivity contribution in [2.45, 2.75) is 25.8 Å². The summed E-state index contributed by atoms with van der Waals surface area (Å²) in [5.74, 6) is 0. The highest BCUT2D eigenvalue weighted by Crippen LogP contribution is 2.35. The molecule has 1 aromatic rings. The smallest absolute Gasteiger partial charge is 0.159 e. The number of aryl methyl sites for hydroxylation is 1. The number of hydrogen-bond acceptors (Lipinski definition) is 3. The number of halogens is 1. The molecule has 0 saturated carbocycles. The van der Waals surface area contributed by atoms with Crippen LogP contribution < -0.4 is 0 Å². The van der Waals surface area contributed by atoms with Gasteiger partial charge in [-0.3, -0.25) is 4.90 Å². The van der Waals surface area contributed by atoms with Gasteiger partial charge in [0.05, 0.1) is 11.7 Å². The van der Waals surface area contributed by atoms with E-state index in [1.165, 1.54) is 30.0 Å². The first kappa shape index (κ1) is 9.62. The minimum Gasteiger partial charge on any atom is -0.298 e. The molecule has 72 valence electrons. The lowest BCUT2D eigenvalue weighted by Gasteiger charge is -2.17. The molecule has 0 radical (unpaired) electrons. The first-order valence-corrected chi connectivity index (χ1v) is 6.12. The summed E-state index contributed by atoms with van der Waals surface area (Å²) >= 11 is 5.18. The standard InChI is InChI=1S/C9H13BrN2S/c1-6-8(11-9(10)13-6)7-4-3-5-12(7)2/h7H,3-5H2,1-2H3. The van der Waals surface area contributed by atoms with E-state index in [2.05, 4.69) is 39.8 Å². The van der Waals surface area contributed by atoms with E-state index in [0.29, 0.717) is 6.04 Å². The molecular weight excluding hydrogens is 248 g/mol. The second-order valence-corrected chi connectivity index (χ2v) is 6.03. The number of rotatable bonds is 1. The van der Waals surface area contributed by atoms with Crippen molar-refractivity contribution in [3.05, 3.63) is 14.5 Å². The molecule has 0 bridgehead atoms. The largest absolute Gasteiger partial charge is 0.298 e. The third-order valence-corrected chi connectivity index (χ3v) is 4.08. The summed E-state index contributed by atoms with van der Waals surface area (Å²) in [4.78, 5) is 8.29. The van der Waals surface area contributed by atoms with Crippen molar-refractivity contribution in [2.24, 2.45) is 0 Å². The zero-order valence-electron chi connectivity index (χ0n) is 7.88. The molecule has 1 saturated heterocycles. The molecule has 13 heavy (non-hydrogen) atoms. The van der Waals surface area contributed by atoms with Crippen molar-refractivity contribution >= 4 is 27.3 Å². The Morgan fingerprint density at radius 3 is 2.85 bits per heavy atom. The number of hydrogen-bond donors (Lipinski definition) is 0. The van der Waals surface area contributed by atoms with E-state index in [1.807, 2.05) is 0 Å². The summed E-state index contributed by atoms with van der Waals surface area (Å²) in [6.45, 7) is 3.36. The van der Waals surface area contributed by atoms with Crippen molar-refractivity contribution in [3.63, 3.8) is 0 Å². The Labute approximate surface area is 91.1 Å². The number of nitrogens with zero attached hydrogens (tertiary/aromatic N) is 2. The van der Waals surface area contributed by atoms with Gasteiger partial charge in [0.25, 0.3) is 0 Å². The zero-order chi connectivity index (χ0) is 9.42. The van der Waals surface area contributed by atoms with Crippen LogP contribution in [-0.2, 0) is 0 Å². The summed E-state index contributed by atoms with van der Waals surface area (Å²) < 4.78 is 1.01. The summed E-state index contributed by atoms with van der Waals surface area (Å²) in [5.41, 5.74) is 1.27. The lowest BCUT2D eigenvalue weighted by Crippen LogP contribution is -2.18. The lowest BCUT2D eigenvalue weighted by atomic mass is 10.1. The average molecular weight is 261 g/mol. The van der Waals surface area contributed by atoms with Gasteiger partial charge in [0.1, 0.15) is 0 Å². The van der Waals surface area contributed by atoms with Gasteiger partial charge >= 0.3 is 0 Å². The Morgan fingerprint density at radius 2 is 2.38 bits per heavy atom. The van der Waals surface area contributed by atoms with E-state index < -0.39 is 0 Å². The van der Waals surface area contributed by atoms with Gasteiger partial charge in [-0.15, -0.1) is 11.3 Å². The minimum atomic E-state index is 0.558. The second kappa shape index (κ2) is 3.67. The van der Waals surface area contributed by atoms with Gasteiger partial charge in [0, 0.05) is 4.88 Å². The number of thiazole rings is 1. The first-order chi connectivity index (χ1) is 6.18. The molecular formula is C9H13BrN2S. The van der Waals surface area contributed by atoms with Crippen LogP contribution in [0.3, 0.4) is 0 Å². The van der Waals surface area contributed by atoms with E-state index in [9.17, 15) is 0 Å². The molecule has 1 atom stereocenters. The van der Waals surface area contributed by atoms with Crippen LogP contribution in [0.1, 0.15) is 29.5 Å². The van der Waals surface area contributed by atoms with Crippen LogP contribution in [-0.4, -0.2) is 23.5 Å². The second-order valence-electron chi connectivity index (χ2n) is 3.55. The normalized spacial score (nSPS) is 24.1. The van der Waals surface area contributed by atoms with Crippen LogP contribution in [0, 0.1) is 6.92 Å². The van der Waals surface area contributed by atoms with Crippen molar-refractivity contribution in [1.29, 1.82) is 0 Å². The molecule has 2 heterocycles. The van der Waals surface area contributed by atoms with Gasteiger partial charge in [-0.2, -0.15) is 0 Å². The average Bonchev–Trinajstić information content (AvgIpc) is 2.58. The Balaban J connectivity index is 2.28.